The van der Waals surface area contributed by atoms with E-state index in [0.717, 1.165) is 39.8 Å². The molecule has 0 N–H and O–H groups in total. The standard InChI is InChI=1S/C31H30N4O16/c1-15(36)43-14-25-27(45-16(2)37)28(46-17(3)38)29(47-18(4)39)30(51-25)50-24-10-5-19(26-23(24)11-22(48-26)12-33-34-32)13-44-31(40)49-21-8-6-20(7-9-21)35(41)42/h5-11,25,27-30H,12-14H2,1-4H3/t25-,27+,28+,29-,30-/m1/s1. The van der Waals surface area contributed by atoms with Crippen LogP contribution in [0, 0.1) is 10.1 Å². The molecule has 0 radical (unpaired) electrons. The molecule has 1 aliphatic heterocycles. The molecule has 1 aromatic heterocycles. The predicted octanol–water partition coefficient (Wildman–Crippen LogP) is 4.33. The summed E-state index contributed by atoms with van der Waals surface area (Å²) in [5.74, 6) is -3.01. The van der Waals surface area contributed by atoms with E-state index in [1.54, 1.807) is 0 Å². The molecule has 2 heterocycles. The smallest absolute Gasteiger partial charge is 0.463 e. The lowest BCUT2D eigenvalue weighted by Crippen LogP contribution is -2.63. The van der Waals surface area contributed by atoms with Gasteiger partial charge in [-0.15, -0.1) is 0 Å². The first kappa shape index (κ1) is 37.4. The third kappa shape index (κ3) is 10.1. The van der Waals surface area contributed by atoms with Gasteiger partial charge < -0.3 is 42.3 Å². The maximum atomic E-state index is 12.4. The number of nitrogens with zero attached hydrogens (tertiary/aromatic N) is 4. The van der Waals surface area contributed by atoms with Crippen LogP contribution in [0.15, 0.2) is 52.0 Å². The zero-order chi connectivity index (χ0) is 37.2. The zero-order valence-electron chi connectivity index (χ0n) is 27.4. The molecule has 1 aliphatic rings. The Balaban J connectivity index is 1.67. The van der Waals surface area contributed by atoms with Gasteiger partial charge in [0.15, 0.2) is 12.2 Å². The van der Waals surface area contributed by atoms with Crippen LogP contribution in [0.5, 0.6) is 11.5 Å². The van der Waals surface area contributed by atoms with E-state index in [-0.39, 0.29) is 46.0 Å². The summed E-state index contributed by atoms with van der Waals surface area (Å²) in [5.41, 5.74) is 9.01. The Hall–Kier alpha value is -6.40. The second-order valence-corrected chi connectivity index (χ2v) is 10.6. The van der Waals surface area contributed by atoms with E-state index in [1.807, 2.05) is 0 Å². The van der Waals surface area contributed by atoms with Crippen molar-refractivity contribution in [2.24, 2.45) is 5.11 Å². The number of nitro groups is 1. The molecule has 0 saturated carbocycles. The minimum Gasteiger partial charge on any atom is -0.463 e. The van der Waals surface area contributed by atoms with E-state index in [1.165, 1.54) is 30.3 Å². The van der Waals surface area contributed by atoms with E-state index in [2.05, 4.69) is 10.0 Å². The Bertz CT molecular complexity index is 1850. The molecule has 1 saturated heterocycles. The highest BCUT2D eigenvalue weighted by atomic mass is 16.7. The van der Waals surface area contributed by atoms with Crippen molar-refractivity contribution in [1.29, 1.82) is 0 Å². The second kappa shape index (κ2) is 16.8. The van der Waals surface area contributed by atoms with Crippen LogP contribution in [-0.4, -0.2) is 72.3 Å². The normalized spacial score (nSPS) is 19.5. The summed E-state index contributed by atoms with van der Waals surface area (Å²) in [6, 6.07) is 9.04. The maximum absolute atomic E-state index is 12.4. The summed E-state index contributed by atoms with van der Waals surface area (Å²) >= 11 is 0. The van der Waals surface area contributed by atoms with Crippen molar-refractivity contribution in [3.05, 3.63) is 74.3 Å². The second-order valence-electron chi connectivity index (χ2n) is 10.6. The number of benzene rings is 2. The molecule has 5 atom stereocenters. The average Bonchev–Trinajstić information content (AvgIpc) is 3.49. The van der Waals surface area contributed by atoms with E-state index in [0.29, 0.717) is 0 Å². The zero-order valence-corrected chi connectivity index (χ0v) is 27.4. The van der Waals surface area contributed by atoms with Crippen molar-refractivity contribution in [3.8, 4) is 11.5 Å². The fraction of sp³-hybridized carbons (Fsp3) is 0.387. The molecule has 20 nitrogen and oxygen atoms in total. The molecule has 270 valence electrons. The molecule has 20 heteroatoms. The van der Waals surface area contributed by atoms with Crippen LogP contribution in [0.4, 0.5) is 10.5 Å². The Labute approximate surface area is 287 Å². The van der Waals surface area contributed by atoms with Crippen LogP contribution in [0.1, 0.15) is 39.0 Å². The SMILES string of the molecule is CC(=O)OC[C@H]1O[C@@H](Oc2ccc(COC(=O)Oc3ccc([N+](=O)[O-])cc3)c3oc(CN=[N+]=[N-])cc23)[C@H](OC(C)=O)[C@@H](OC(C)=O)[C@H]1OC(C)=O. The van der Waals surface area contributed by atoms with Crippen LogP contribution in [-0.2, 0) is 60.8 Å². The first-order valence-electron chi connectivity index (χ1n) is 14.9. The molecule has 0 bridgehead atoms. The highest BCUT2D eigenvalue weighted by molar-refractivity contribution is 5.87. The van der Waals surface area contributed by atoms with Crippen LogP contribution < -0.4 is 9.47 Å². The van der Waals surface area contributed by atoms with Crippen molar-refractivity contribution in [2.45, 2.75) is 71.6 Å². The molecule has 0 aliphatic carbocycles. The molecule has 2 aromatic carbocycles. The first-order valence-corrected chi connectivity index (χ1v) is 14.9. The van der Waals surface area contributed by atoms with E-state index in [4.69, 9.17) is 47.8 Å². The highest BCUT2D eigenvalue weighted by Crippen LogP contribution is 2.36. The topological polar surface area (TPSA) is 264 Å². The van der Waals surface area contributed by atoms with Crippen molar-refractivity contribution < 1.29 is 71.2 Å². The van der Waals surface area contributed by atoms with Gasteiger partial charge in [0, 0.05) is 50.3 Å². The predicted molar refractivity (Wildman–Crippen MR) is 166 cm³/mol. The fourth-order valence-electron chi connectivity index (χ4n) is 4.91. The number of hydrogen-bond donors (Lipinski definition) is 0. The van der Waals surface area contributed by atoms with Gasteiger partial charge in [0.05, 0.1) is 16.9 Å². The van der Waals surface area contributed by atoms with Gasteiger partial charge in [0.2, 0.25) is 12.4 Å². The van der Waals surface area contributed by atoms with Gasteiger partial charge in [-0.1, -0.05) is 5.11 Å². The molecule has 0 spiro atoms. The van der Waals surface area contributed by atoms with Gasteiger partial charge in [-0.25, -0.2) is 4.79 Å². The summed E-state index contributed by atoms with van der Waals surface area (Å²) < 4.78 is 49.7. The van der Waals surface area contributed by atoms with Crippen molar-refractivity contribution in [3.63, 3.8) is 0 Å². The molecule has 1 fully saturated rings. The lowest BCUT2D eigenvalue weighted by atomic mass is 9.98. The summed E-state index contributed by atoms with van der Waals surface area (Å²) in [4.78, 5) is 73.5. The minimum absolute atomic E-state index is 0.0148. The number of esters is 4. The van der Waals surface area contributed by atoms with E-state index >= 15 is 0 Å². The Morgan fingerprint density at radius 1 is 0.882 bits per heavy atom. The summed E-state index contributed by atoms with van der Waals surface area (Å²) in [7, 11) is 0. The molecular weight excluding hydrogens is 684 g/mol. The summed E-state index contributed by atoms with van der Waals surface area (Å²) in [6.07, 6.45) is -8.45. The monoisotopic (exact) mass is 714 g/mol. The number of fused-ring (bicyclic) bond motifs is 1. The largest absolute Gasteiger partial charge is 0.514 e. The first-order chi connectivity index (χ1) is 24.2. The van der Waals surface area contributed by atoms with Gasteiger partial charge in [0.25, 0.3) is 5.69 Å². The Morgan fingerprint density at radius 3 is 2.14 bits per heavy atom. The van der Waals surface area contributed by atoms with Gasteiger partial charge in [-0.3, -0.25) is 29.3 Å². The van der Waals surface area contributed by atoms with E-state index in [9.17, 15) is 34.1 Å². The lowest BCUT2D eigenvalue weighted by Gasteiger charge is -2.43. The highest BCUT2D eigenvalue weighted by Gasteiger charge is 2.53. The van der Waals surface area contributed by atoms with Crippen molar-refractivity contribution in [2.75, 3.05) is 6.61 Å². The van der Waals surface area contributed by atoms with Crippen LogP contribution in [0.2, 0.25) is 0 Å². The number of carbonyl (C=O) groups is 5. The summed E-state index contributed by atoms with van der Waals surface area (Å²) in [5, 5.41) is 14.6. The van der Waals surface area contributed by atoms with Gasteiger partial charge >= 0.3 is 30.0 Å². The summed E-state index contributed by atoms with van der Waals surface area (Å²) in [6.45, 7) is 3.24. The van der Waals surface area contributed by atoms with Crippen LogP contribution in [0.25, 0.3) is 21.4 Å². The number of azide groups is 1. The van der Waals surface area contributed by atoms with Crippen molar-refractivity contribution in [1.82, 2.24) is 0 Å². The Kier molecular flexibility index (Phi) is 12.3. The third-order valence-corrected chi connectivity index (χ3v) is 6.85. The molecule has 0 amide bonds. The Morgan fingerprint density at radius 2 is 1.53 bits per heavy atom. The quantitative estimate of drug-likeness (QED) is 0.0348. The number of non-ortho nitro benzene ring substituents is 1. The van der Waals surface area contributed by atoms with E-state index < -0.39 is 78.9 Å². The number of rotatable bonds is 13. The number of ether oxygens (including phenoxy) is 8. The molecule has 3 aromatic rings. The van der Waals surface area contributed by atoms with Gasteiger partial charge in [0.1, 0.15) is 42.2 Å². The molecule has 0 unspecified atom stereocenters. The molecule has 4 rings (SSSR count). The minimum atomic E-state index is -1.58. The van der Waals surface area contributed by atoms with Gasteiger partial charge in [-0.05, 0) is 35.9 Å². The van der Waals surface area contributed by atoms with Crippen molar-refractivity contribution >= 4 is 46.7 Å². The molecule has 51 heavy (non-hydrogen) atoms. The third-order valence-electron chi connectivity index (χ3n) is 6.85. The van der Waals surface area contributed by atoms with Crippen LogP contribution >= 0.6 is 0 Å². The molecular formula is C31H30N4O16. The van der Waals surface area contributed by atoms with Gasteiger partial charge in [-0.2, -0.15) is 0 Å². The number of hydrogen-bond acceptors (Lipinski definition) is 17. The number of furan rings is 1. The number of nitro benzene ring substituents is 1. The number of carbonyl (C=O) groups excluding carboxylic acids is 5. The fourth-order valence-corrected chi connectivity index (χ4v) is 4.91. The lowest BCUT2D eigenvalue weighted by molar-refractivity contribution is -0.384. The van der Waals surface area contributed by atoms with Crippen LogP contribution in [0.3, 0.4) is 0 Å². The maximum Gasteiger partial charge on any atom is 0.514 e. The average molecular weight is 715 g/mol.